The van der Waals surface area contributed by atoms with Crippen molar-refractivity contribution in [2.75, 3.05) is 29.0 Å². The summed E-state index contributed by atoms with van der Waals surface area (Å²) in [6, 6.07) is 8.62. The third-order valence-corrected chi connectivity index (χ3v) is 7.31. The van der Waals surface area contributed by atoms with E-state index in [1.165, 1.54) is 12.0 Å². The Kier molecular flexibility index (Phi) is 5.42. The minimum absolute atomic E-state index is 0.0826. The second kappa shape index (κ2) is 8.15. The van der Waals surface area contributed by atoms with Gasteiger partial charge < -0.3 is 16.0 Å². The maximum atomic E-state index is 13.5. The van der Waals surface area contributed by atoms with Crippen LogP contribution >= 0.6 is 0 Å². The van der Waals surface area contributed by atoms with E-state index >= 15 is 0 Å². The van der Waals surface area contributed by atoms with E-state index in [9.17, 15) is 4.79 Å². The highest BCUT2D eigenvalue weighted by atomic mass is 16.1. The number of carbonyl (C=O) groups excluding carboxylic acids is 1. The van der Waals surface area contributed by atoms with Crippen molar-refractivity contribution in [2.24, 2.45) is 5.41 Å². The summed E-state index contributed by atoms with van der Waals surface area (Å²) in [7, 11) is 0. The molecule has 1 fully saturated rings. The molecule has 0 bridgehead atoms. The largest absolute Gasteiger partial charge is 0.383 e. The molecule has 1 saturated heterocycles. The van der Waals surface area contributed by atoms with Crippen LogP contribution in [0.15, 0.2) is 35.5 Å². The number of hydrogen-bond donors (Lipinski definition) is 2. The summed E-state index contributed by atoms with van der Waals surface area (Å²) in [5, 5.41) is 3.54. The Morgan fingerprint density at radius 1 is 1.06 bits per heavy atom. The number of Topliss-reactive ketones (excluding diaryl/α,β-unsaturated/α-hetero) is 1. The first-order valence-electron chi connectivity index (χ1n) is 12.3. The molecule has 174 valence electrons. The van der Waals surface area contributed by atoms with Crippen molar-refractivity contribution in [3.05, 3.63) is 52.2 Å². The van der Waals surface area contributed by atoms with E-state index in [1.807, 2.05) is 0 Å². The van der Waals surface area contributed by atoms with Crippen molar-refractivity contribution in [2.45, 2.75) is 71.6 Å². The number of rotatable bonds is 3. The molecule has 6 heteroatoms. The summed E-state index contributed by atoms with van der Waals surface area (Å²) in [6.07, 6.45) is 4.90. The van der Waals surface area contributed by atoms with Gasteiger partial charge in [0.05, 0.1) is 0 Å². The zero-order valence-corrected chi connectivity index (χ0v) is 20.2. The van der Waals surface area contributed by atoms with Gasteiger partial charge >= 0.3 is 0 Å². The van der Waals surface area contributed by atoms with Crippen molar-refractivity contribution in [3.8, 4) is 0 Å². The van der Waals surface area contributed by atoms with Gasteiger partial charge in [-0.1, -0.05) is 52.0 Å². The van der Waals surface area contributed by atoms with Crippen LogP contribution in [-0.2, 0) is 4.79 Å². The van der Waals surface area contributed by atoms with Crippen LogP contribution in [0.3, 0.4) is 0 Å². The third kappa shape index (κ3) is 4.00. The zero-order valence-electron chi connectivity index (χ0n) is 20.2. The lowest BCUT2D eigenvalue weighted by molar-refractivity contribution is -0.118. The molecule has 0 saturated carbocycles. The maximum absolute atomic E-state index is 13.5. The monoisotopic (exact) mass is 445 g/mol. The molecule has 1 atom stereocenters. The zero-order chi connectivity index (χ0) is 23.3. The molecule has 3 N–H and O–H groups in total. The predicted molar refractivity (Wildman–Crippen MR) is 134 cm³/mol. The molecule has 1 aliphatic carbocycles. The van der Waals surface area contributed by atoms with E-state index in [2.05, 4.69) is 62.2 Å². The number of nitrogens with zero attached hydrogens (tertiary/aromatic N) is 3. The van der Waals surface area contributed by atoms with E-state index < -0.39 is 0 Å². The van der Waals surface area contributed by atoms with Crippen molar-refractivity contribution in [1.82, 2.24) is 9.97 Å². The highest BCUT2D eigenvalue weighted by molar-refractivity contribution is 6.02. The number of allylic oxidation sites excluding steroid dienone is 2. The van der Waals surface area contributed by atoms with E-state index in [0.717, 1.165) is 60.6 Å². The highest BCUT2D eigenvalue weighted by Gasteiger charge is 2.42. The Bertz CT molecular complexity index is 1110. The molecule has 2 aliphatic heterocycles. The molecular formula is C27H35N5O. The Balaban J connectivity index is 1.65. The molecule has 33 heavy (non-hydrogen) atoms. The molecule has 0 unspecified atom stereocenters. The van der Waals surface area contributed by atoms with Gasteiger partial charge in [-0.3, -0.25) is 4.79 Å². The van der Waals surface area contributed by atoms with Crippen molar-refractivity contribution >= 4 is 23.4 Å². The van der Waals surface area contributed by atoms with Crippen LogP contribution in [-0.4, -0.2) is 28.8 Å². The molecule has 3 aliphatic rings. The minimum atomic E-state index is -0.239. The number of aromatic nitrogens is 2. The SMILES string of the molecule is CC(C)c1ccc([C@H]2C3=C(CC(C)(C)CC3=O)Nc3nc(N4CCCCC4)nc(N)c32)cc1. The van der Waals surface area contributed by atoms with E-state index in [0.29, 0.717) is 24.1 Å². The number of piperidine rings is 1. The number of fused-ring (bicyclic) bond motifs is 1. The van der Waals surface area contributed by atoms with Crippen LogP contribution in [0, 0.1) is 5.41 Å². The number of nitrogen functional groups attached to an aromatic ring is 1. The fourth-order valence-corrected chi connectivity index (χ4v) is 5.56. The Morgan fingerprint density at radius 3 is 2.42 bits per heavy atom. The van der Waals surface area contributed by atoms with Gasteiger partial charge in [0.2, 0.25) is 5.95 Å². The lowest BCUT2D eigenvalue weighted by Gasteiger charge is -2.39. The van der Waals surface area contributed by atoms with Crippen LogP contribution in [0.25, 0.3) is 0 Å². The summed E-state index contributed by atoms with van der Waals surface area (Å²) in [6.45, 7) is 10.6. The number of nitrogens with two attached hydrogens (primary N) is 1. The first-order valence-corrected chi connectivity index (χ1v) is 12.3. The number of anilines is 3. The molecule has 0 amide bonds. The summed E-state index contributed by atoms with van der Waals surface area (Å²) < 4.78 is 0. The number of benzene rings is 1. The van der Waals surface area contributed by atoms with Crippen LogP contribution < -0.4 is 16.0 Å². The van der Waals surface area contributed by atoms with Crippen molar-refractivity contribution < 1.29 is 4.79 Å². The van der Waals surface area contributed by atoms with E-state index in [4.69, 9.17) is 15.7 Å². The first kappa shape index (κ1) is 21.9. The Hall–Kier alpha value is -2.89. The van der Waals surface area contributed by atoms with Gasteiger partial charge in [-0.2, -0.15) is 9.97 Å². The summed E-state index contributed by atoms with van der Waals surface area (Å²) in [5.74, 6) is 2.32. The Labute approximate surface area is 196 Å². The third-order valence-electron chi connectivity index (χ3n) is 7.31. The molecule has 3 heterocycles. The standard InChI is InChI=1S/C27H35N5O/c1-16(2)17-8-10-18(11-9-17)21-22-19(14-27(3,4)15-20(22)33)29-25-23(21)24(28)30-26(31-25)32-12-6-5-7-13-32/h8-11,16,21H,5-7,12-15H2,1-4H3,(H3,28,29,30,31)/t21-/m0/s1. The van der Waals surface area contributed by atoms with Crippen LogP contribution in [0.5, 0.6) is 0 Å². The molecule has 5 rings (SSSR count). The minimum Gasteiger partial charge on any atom is -0.383 e. The fraction of sp³-hybridized carbons (Fsp3) is 0.519. The maximum Gasteiger partial charge on any atom is 0.229 e. The van der Waals surface area contributed by atoms with Gasteiger partial charge in [-0.15, -0.1) is 0 Å². The molecule has 0 spiro atoms. The molecule has 2 aromatic rings. The van der Waals surface area contributed by atoms with Gasteiger partial charge in [0, 0.05) is 42.3 Å². The number of hydrogen-bond acceptors (Lipinski definition) is 6. The highest BCUT2D eigenvalue weighted by Crippen LogP contribution is 2.50. The van der Waals surface area contributed by atoms with Crippen molar-refractivity contribution in [1.29, 1.82) is 0 Å². The molecule has 1 aromatic carbocycles. The quantitative estimate of drug-likeness (QED) is 0.660. The number of nitrogens with one attached hydrogen (secondary N) is 1. The van der Waals surface area contributed by atoms with Gasteiger partial charge in [0.1, 0.15) is 11.6 Å². The summed E-state index contributed by atoms with van der Waals surface area (Å²) >= 11 is 0. The number of carbonyl (C=O) groups is 1. The summed E-state index contributed by atoms with van der Waals surface area (Å²) in [4.78, 5) is 25.4. The van der Waals surface area contributed by atoms with Crippen molar-refractivity contribution in [3.63, 3.8) is 0 Å². The molecule has 1 aromatic heterocycles. The molecule has 0 radical (unpaired) electrons. The van der Waals surface area contributed by atoms with Crippen LogP contribution in [0.2, 0.25) is 0 Å². The van der Waals surface area contributed by atoms with E-state index in [-0.39, 0.29) is 17.1 Å². The van der Waals surface area contributed by atoms with Gasteiger partial charge in [-0.25, -0.2) is 0 Å². The average molecular weight is 446 g/mol. The second-order valence-corrected chi connectivity index (χ2v) is 10.9. The Morgan fingerprint density at radius 2 is 1.76 bits per heavy atom. The topological polar surface area (TPSA) is 84.1 Å². The predicted octanol–water partition coefficient (Wildman–Crippen LogP) is 5.37. The lowest BCUT2D eigenvalue weighted by Crippen LogP contribution is -2.36. The first-order chi connectivity index (χ1) is 15.7. The van der Waals surface area contributed by atoms with Crippen LogP contribution in [0.1, 0.15) is 88.3 Å². The molecule has 6 nitrogen and oxygen atoms in total. The lowest BCUT2D eigenvalue weighted by atomic mass is 9.69. The number of ketones is 1. The second-order valence-electron chi connectivity index (χ2n) is 10.9. The fourth-order valence-electron chi connectivity index (χ4n) is 5.56. The smallest absolute Gasteiger partial charge is 0.229 e. The normalized spacial score (nSPS) is 22.2. The van der Waals surface area contributed by atoms with Gasteiger partial charge in [0.25, 0.3) is 0 Å². The average Bonchev–Trinajstić information content (AvgIpc) is 2.77. The summed E-state index contributed by atoms with van der Waals surface area (Å²) in [5.41, 5.74) is 11.6. The van der Waals surface area contributed by atoms with Gasteiger partial charge in [0.15, 0.2) is 5.78 Å². The molecular weight excluding hydrogens is 410 g/mol. The van der Waals surface area contributed by atoms with E-state index in [1.54, 1.807) is 0 Å². The van der Waals surface area contributed by atoms with Gasteiger partial charge in [-0.05, 0) is 48.1 Å². The van der Waals surface area contributed by atoms with Crippen LogP contribution in [0.4, 0.5) is 17.6 Å².